The van der Waals surface area contributed by atoms with Crippen molar-refractivity contribution in [2.24, 2.45) is 5.92 Å². The largest absolute Gasteiger partial charge is 0.465 e. The van der Waals surface area contributed by atoms with E-state index in [-0.39, 0.29) is 5.91 Å². The van der Waals surface area contributed by atoms with Crippen LogP contribution in [0.15, 0.2) is 0 Å². The molecule has 1 heterocycles. The SMILES string of the molecule is CCOC(=O)[C@H]1CCCNC1=O. The van der Waals surface area contributed by atoms with Gasteiger partial charge in [-0.15, -0.1) is 0 Å². The van der Waals surface area contributed by atoms with Crippen molar-refractivity contribution in [2.45, 2.75) is 19.8 Å². The van der Waals surface area contributed by atoms with Gasteiger partial charge in [0.15, 0.2) is 0 Å². The molecule has 0 radical (unpaired) electrons. The van der Waals surface area contributed by atoms with E-state index in [4.69, 9.17) is 4.74 Å². The van der Waals surface area contributed by atoms with E-state index in [9.17, 15) is 9.59 Å². The number of ether oxygens (including phenoxy) is 1. The molecule has 68 valence electrons. The minimum atomic E-state index is -0.571. The minimum absolute atomic E-state index is 0.195. The Kier molecular flexibility index (Phi) is 3.08. The Morgan fingerprint density at radius 1 is 1.75 bits per heavy atom. The third-order valence-corrected chi connectivity index (χ3v) is 1.86. The Bertz CT molecular complexity index is 191. The van der Waals surface area contributed by atoms with Crippen LogP contribution in [0, 0.1) is 5.92 Å². The normalized spacial score (nSPS) is 23.1. The summed E-state index contributed by atoms with van der Waals surface area (Å²) in [6, 6.07) is 0. The van der Waals surface area contributed by atoms with Gasteiger partial charge in [0, 0.05) is 6.54 Å². The van der Waals surface area contributed by atoms with Crippen LogP contribution < -0.4 is 5.32 Å². The van der Waals surface area contributed by atoms with Crippen molar-refractivity contribution in [3.8, 4) is 0 Å². The predicted octanol–water partition coefficient (Wildman–Crippen LogP) is 0.0757. The first-order valence-electron chi connectivity index (χ1n) is 4.20. The highest BCUT2D eigenvalue weighted by molar-refractivity contribution is 5.98. The summed E-state index contributed by atoms with van der Waals surface area (Å²) in [5.74, 6) is -1.16. The average Bonchev–Trinajstić information content (AvgIpc) is 2.05. The molecule has 1 rings (SSSR count). The second-order valence-electron chi connectivity index (χ2n) is 2.74. The fourth-order valence-electron chi connectivity index (χ4n) is 1.24. The molecule has 1 atom stereocenters. The quantitative estimate of drug-likeness (QED) is 0.472. The molecule has 1 N–H and O–H groups in total. The van der Waals surface area contributed by atoms with Crippen molar-refractivity contribution in [2.75, 3.05) is 13.2 Å². The molecule has 0 aromatic heterocycles. The molecule has 1 fully saturated rings. The number of rotatable bonds is 2. The minimum Gasteiger partial charge on any atom is -0.465 e. The zero-order valence-corrected chi connectivity index (χ0v) is 7.13. The first-order chi connectivity index (χ1) is 5.75. The van der Waals surface area contributed by atoms with E-state index < -0.39 is 11.9 Å². The molecule has 0 spiro atoms. The van der Waals surface area contributed by atoms with Gasteiger partial charge in [0.2, 0.25) is 5.91 Å². The lowest BCUT2D eigenvalue weighted by Crippen LogP contribution is -2.41. The first kappa shape index (κ1) is 9.03. The molecule has 4 heteroatoms. The summed E-state index contributed by atoms with van der Waals surface area (Å²) < 4.78 is 4.75. The van der Waals surface area contributed by atoms with Crippen LogP contribution in [0.4, 0.5) is 0 Å². The van der Waals surface area contributed by atoms with Crippen molar-refractivity contribution in [3.63, 3.8) is 0 Å². The Morgan fingerprint density at radius 2 is 2.50 bits per heavy atom. The Hall–Kier alpha value is -1.06. The van der Waals surface area contributed by atoms with Crippen molar-refractivity contribution >= 4 is 11.9 Å². The van der Waals surface area contributed by atoms with Gasteiger partial charge in [-0.1, -0.05) is 0 Å². The summed E-state index contributed by atoms with van der Waals surface area (Å²) in [6.45, 7) is 2.75. The number of nitrogens with one attached hydrogen (secondary N) is 1. The summed E-state index contributed by atoms with van der Waals surface area (Å²) in [4.78, 5) is 22.2. The Balaban J connectivity index is 2.48. The number of piperidine rings is 1. The molecule has 1 aliphatic rings. The highest BCUT2D eigenvalue weighted by atomic mass is 16.5. The van der Waals surface area contributed by atoms with Gasteiger partial charge >= 0.3 is 5.97 Å². The Labute approximate surface area is 71.3 Å². The number of hydrogen-bond acceptors (Lipinski definition) is 3. The van der Waals surface area contributed by atoms with Crippen LogP contribution in [0.1, 0.15) is 19.8 Å². The number of hydrogen-bond donors (Lipinski definition) is 1. The summed E-state index contributed by atoms with van der Waals surface area (Å²) in [5.41, 5.74) is 0. The molecule has 0 bridgehead atoms. The van der Waals surface area contributed by atoms with Gasteiger partial charge in [-0.3, -0.25) is 9.59 Å². The van der Waals surface area contributed by atoms with Crippen LogP contribution >= 0.6 is 0 Å². The van der Waals surface area contributed by atoms with Crippen molar-refractivity contribution in [3.05, 3.63) is 0 Å². The van der Waals surface area contributed by atoms with Crippen LogP contribution in [-0.2, 0) is 14.3 Å². The highest BCUT2D eigenvalue weighted by Crippen LogP contribution is 2.12. The van der Waals surface area contributed by atoms with E-state index >= 15 is 0 Å². The maximum absolute atomic E-state index is 11.1. The molecule has 4 nitrogen and oxygen atoms in total. The lowest BCUT2D eigenvalue weighted by atomic mass is 9.99. The van der Waals surface area contributed by atoms with Crippen LogP contribution in [0.2, 0.25) is 0 Å². The molecule has 0 saturated carbocycles. The maximum Gasteiger partial charge on any atom is 0.318 e. The van der Waals surface area contributed by atoms with Crippen LogP contribution in [0.5, 0.6) is 0 Å². The van der Waals surface area contributed by atoms with Gasteiger partial charge in [0.1, 0.15) is 5.92 Å². The van der Waals surface area contributed by atoms with Crippen LogP contribution in [0.3, 0.4) is 0 Å². The van der Waals surface area contributed by atoms with E-state index in [2.05, 4.69) is 5.32 Å². The first-order valence-corrected chi connectivity index (χ1v) is 4.20. The molecule has 1 aliphatic heterocycles. The van der Waals surface area contributed by atoms with Gasteiger partial charge in [-0.05, 0) is 19.8 Å². The molecule has 12 heavy (non-hydrogen) atoms. The fraction of sp³-hybridized carbons (Fsp3) is 0.750. The molecule has 0 aliphatic carbocycles. The van der Waals surface area contributed by atoms with Gasteiger partial charge in [-0.2, -0.15) is 0 Å². The van der Waals surface area contributed by atoms with Crippen molar-refractivity contribution in [1.82, 2.24) is 5.32 Å². The topological polar surface area (TPSA) is 55.4 Å². The molecule has 0 aromatic rings. The van der Waals surface area contributed by atoms with Crippen molar-refractivity contribution in [1.29, 1.82) is 0 Å². The molecular weight excluding hydrogens is 158 g/mol. The van der Waals surface area contributed by atoms with E-state index in [1.54, 1.807) is 6.92 Å². The van der Waals surface area contributed by atoms with Gasteiger partial charge in [-0.25, -0.2) is 0 Å². The number of amides is 1. The molecular formula is C8H13NO3. The Morgan fingerprint density at radius 3 is 3.08 bits per heavy atom. The van der Waals surface area contributed by atoms with Crippen LogP contribution in [-0.4, -0.2) is 25.0 Å². The summed E-state index contributed by atoms with van der Waals surface area (Å²) in [7, 11) is 0. The van der Waals surface area contributed by atoms with Gasteiger partial charge < -0.3 is 10.1 Å². The number of esters is 1. The number of carbonyl (C=O) groups excluding carboxylic acids is 2. The standard InChI is InChI=1S/C8H13NO3/c1-2-12-8(11)6-4-3-5-9-7(6)10/h6H,2-5H2,1H3,(H,9,10)/t6-/m0/s1. The van der Waals surface area contributed by atoms with E-state index in [0.29, 0.717) is 19.6 Å². The monoisotopic (exact) mass is 171 g/mol. The van der Waals surface area contributed by atoms with Gasteiger partial charge in [0.25, 0.3) is 0 Å². The van der Waals surface area contributed by atoms with Crippen molar-refractivity contribution < 1.29 is 14.3 Å². The van der Waals surface area contributed by atoms with E-state index in [0.717, 1.165) is 6.42 Å². The zero-order chi connectivity index (χ0) is 8.97. The molecule has 0 unspecified atom stereocenters. The zero-order valence-electron chi connectivity index (χ0n) is 7.13. The lowest BCUT2D eigenvalue weighted by Gasteiger charge is -2.19. The van der Waals surface area contributed by atoms with E-state index in [1.807, 2.05) is 0 Å². The second kappa shape index (κ2) is 4.09. The second-order valence-corrected chi connectivity index (χ2v) is 2.74. The molecule has 1 saturated heterocycles. The maximum atomic E-state index is 11.1. The molecule has 0 aromatic carbocycles. The molecule has 1 amide bonds. The highest BCUT2D eigenvalue weighted by Gasteiger charge is 2.29. The smallest absolute Gasteiger partial charge is 0.318 e. The summed E-state index contributed by atoms with van der Waals surface area (Å²) in [6.07, 6.45) is 1.47. The third-order valence-electron chi connectivity index (χ3n) is 1.86. The fourth-order valence-corrected chi connectivity index (χ4v) is 1.24. The van der Waals surface area contributed by atoms with Gasteiger partial charge in [0.05, 0.1) is 6.61 Å². The lowest BCUT2D eigenvalue weighted by molar-refractivity contribution is -0.153. The summed E-state index contributed by atoms with van der Waals surface area (Å²) >= 11 is 0. The predicted molar refractivity (Wildman–Crippen MR) is 42.4 cm³/mol. The number of carbonyl (C=O) groups is 2. The summed E-state index contributed by atoms with van der Waals surface area (Å²) in [5, 5.41) is 2.63. The average molecular weight is 171 g/mol. The third kappa shape index (κ3) is 1.96. The van der Waals surface area contributed by atoms with E-state index in [1.165, 1.54) is 0 Å². The van der Waals surface area contributed by atoms with Crippen LogP contribution in [0.25, 0.3) is 0 Å².